The van der Waals surface area contributed by atoms with Crippen LogP contribution in [0.1, 0.15) is 5.56 Å². The molecule has 34 heavy (non-hydrogen) atoms. The van der Waals surface area contributed by atoms with Crippen molar-refractivity contribution in [2.75, 3.05) is 11.1 Å². The number of halogens is 2. The van der Waals surface area contributed by atoms with E-state index in [1.54, 1.807) is 16.5 Å². The number of hydrogen-bond donors (Lipinski definition) is 1. The number of rotatable bonds is 5. The second kappa shape index (κ2) is 8.92. The average Bonchev–Trinajstić information content (AvgIpc) is 3.25. The molecule has 5 rings (SSSR count). The first kappa shape index (κ1) is 22.1. The minimum absolute atomic E-state index is 0.00627. The molecule has 0 unspecified atom stereocenters. The Hall–Kier alpha value is -3.69. The lowest BCUT2D eigenvalue weighted by Gasteiger charge is -2.13. The van der Waals surface area contributed by atoms with Gasteiger partial charge in [-0.05, 0) is 48.9 Å². The van der Waals surface area contributed by atoms with Crippen LogP contribution >= 0.6 is 23.4 Å². The van der Waals surface area contributed by atoms with E-state index >= 15 is 0 Å². The SMILES string of the molecule is Cc1ccccc1-n1c(=O)c2ccccc2n2c(SCC(=O)Nc3ccc(F)cc3Cl)nnc12. The molecular weight excluding hydrogens is 477 g/mol. The molecule has 0 radical (unpaired) electrons. The number of para-hydroxylation sites is 2. The van der Waals surface area contributed by atoms with Crippen molar-refractivity contribution in [2.45, 2.75) is 12.1 Å². The molecule has 0 saturated heterocycles. The van der Waals surface area contributed by atoms with Gasteiger partial charge in [0.2, 0.25) is 11.7 Å². The zero-order chi connectivity index (χ0) is 23.8. The monoisotopic (exact) mass is 493 g/mol. The van der Waals surface area contributed by atoms with E-state index in [2.05, 4.69) is 15.5 Å². The standard InChI is InChI=1S/C24H17ClFN5O2S/c1-14-6-2-4-8-19(14)30-22(33)16-7-3-5-9-20(16)31-23(30)28-29-24(31)34-13-21(32)27-18-11-10-15(26)12-17(18)25/h2-12H,13H2,1H3,(H,27,32). The molecule has 3 aromatic carbocycles. The van der Waals surface area contributed by atoms with Crippen molar-refractivity contribution >= 4 is 51.6 Å². The molecule has 0 saturated carbocycles. The molecule has 0 bridgehead atoms. The summed E-state index contributed by atoms with van der Waals surface area (Å²) in [7, 11) is 0. The van der Waals surface area contributed by atoms with Crippen LogP contribution in [0.5, 0.6) is 0 Å². The Bertz CT molecular complexity index is 1630. The van der Waals surface area contributed by atoms with Gasteiger partial charge in [0.25, 0.3) is 5.56 Å². The number of anilines is 1. The van der Waals surface area contributed by atoms with Crippen LogP contribution in [-0.2, 0) is 4.79 Å². The third kappa shape index (κ3) is 3.93. The summed E-state index contributed by atoms with van der Waals surface area (Å²) >= 11 is 7.17. The van der Waals surface area contributed by atoms with E-state index in [1.807, 2.05) is 43.3 Å². The predicted octanol–water partition coefficient (Wildman–Crippen LogP) is 4.87. The fourth-order valence-corrected chi connectivity index (χ4v) is 4.67. The van der Waals surface area contributed by atoms with Crippen molar-refractivity contribution in [1.82, 2.24) is 19.2 Å². The van der Waals surface area contributed by atoms with Crippen LogP contribution in [-0.4, -0.2) is 30.8 Å². The number of aromatic nitrogens is 4. The van der Waals surface area contributed by atoms with Crippen molar-refractivity contribution in [3.63, 3.8) is 0 Å². The van der Waals surface area contributed by atoms with Gasteiger partial charge < -0.3 is 5.32 Å². The Kier molecular flexibility index (Phi) is 5.80. The quantitative estimate of drug-likeness (QED) is 0.353. The lowest BCUT2D eigenvalue weighted by atomic mass is 10.2. The van der Waals surface area contributed by atoms with E-state index in [9.17, 15) is 14.0 Å². The maximum Gasteiger partial charge on any atom is 0.267 e. The van der Waals surface area contributed by atoms with Crippen molar-refractivity contribution in [1.29, 1.82) is 0 Å². The van der Waals surface area contributed by atoms with Gasteiger partial charge in [-0.3, -0.25) is 14.0 Å². The summed E-state index contributed by atoms with van der Waals surface area (Å²) in [5.41, 5.74) is 2.37. The summed E-state index contributed by atoms with van der Waals surface area (Å²) < 4.78 is 16.6. The zero-order valence-corrected chi connectivity index (χ0v) is 19.4. The van der Waals surface area contributed by atoms with Crippen molar-refractivity contribution in [3.05, 3.63) is 93.5 Å². The Morgan fingerprint density at radius 3 is 2.65 bits per heavy atom. The molecular formula is C24H17ClFN5O2S. The highest BCUT2D eigenvalue weighted by molar-refractivity contribution is 7.99. The largest absolute Gasteiger partial charge is 0.324 e. The lowest BCUT2D eigenvalue weighted by Crippen LogP contribution is -2.22. The number of amides is 1. The maximum absolute atomic E-state index is 13.4. The lowest BCUT2D eigenvalue weighted by molar-refractivity contribution is -0.113. The Labute approximate surface area is 202 Å². The summed E-state index contributed by atoms with van der Waals surface area (Å²) in [5.74, 6) is -0.472. The minimum Gasteiger partial charge on any atom is -0.324 e. The van der Waals surface area contributed by atoms with Gasteiger partial charge >= 0.3 is 0 Å². The number of fused-ring (bicyclic) bond motifs is 3. The van der Waals surface area contributed by atoms with Gasteiger partial charge in [-0.2, -0.15) is 0 Å². The Morgan fingerprint density at radius 2 is 1.85 bits per heavy atom. The van der Waals surface area contributed by atoms with Gasteiger partial charge in [-0.25, -0.2) is 8.96 Å². The highest BCUT2D eigenvalue weighted by Crippen LogP contribution is 2.26. The molecule has 1 amide bonds. The molecule has 170 valence electrons. The van der Waals surface area contributed by atoms with E-state index in [0.29, 0.717) is 33.2 Å². The van der Waals surface area contributed by atoms with E-state index in [0.717, 1.165) is 11.6 Å². The van der Waals surface area contributed by atoms with Crippen molar-refractivity contribution in [3.8, 4) is 5.69 Å². The number of carbonyl (C=O) groups is 1. The molecule has 0 atom stereocenters. The molecule has 10 heteroatoms. The predicted molar refractivity (Wildman–Crippen MR) is 132 cm³/mol. The van der Waals surface area contributed by atoms with Gasteiger partial charge in [-0.1, -0.05) is 53.7 Å². The number of carbonyl (C=O) groups excluding carboxylic acids is 1. The van der Waals surface area contributed by atoms with Crippen molar-refractivity contribution < 1.29 is 9.18 Å². The average molecular weight is 494 g/mol. The second-order valence-electron chi connectivity index (χ2n) is 7.52. The molecule has 0 aliphatic rings. The second-order valence-corrected chi connectivity index (χ2v) is 8.87. The zero-order valence-electron chi connectivity index (χ0n) is 17.8. The van der Waals surface area contributed by atoms with E-state index in [-0.39, 0.29) is 22.2 Å². The Balaban J connectivity index is 1.55. The highest BCUT2D eigenvalue weighted by Gasteiger charge is 2.19. The fourth-order valence-electron chi connectivity index (χ4n) is 3.71. The molecule has 5 aromatic rings. The summed E-state index contributed by atoms with van der Waals surface area (Å²) in [4.78, 5) is 25.9. The summed E-state index contributed by atoms with van der Waals surface area (Å²) in [6.07, 6.45) is 0. The third-order valence-electron chi connectivity index (χ3n) is 5.29. The fraction of sp³-hybridized carbons (Fsp3) is 0.0833. The third-order valence-corrected chi connectivity index (χ3v) is 6.53. The topological polar surface area (TPSA) is 81.3 Å². The molecule has 0 spiro atoms. The Morgan fingerprint density at radius 1 is 1.09 bits per heavy atom. The first-order valence-electron chi connectivity index (χ1n) is 10.3. The van der Waals surface area contributed by atoms with Crippen LogP contribution in [0.25, 0.3) is 22.4 Å². The van der Waals surface area contributed by atoms with Gasteiger partial charge in [-0.15, -0.1) is 10.2 Å². The van der Waals surface area contributed by atoms with E-state index in [1.165, 1.54) is 28.5 Å². The number of benzene rings is 3. The maximum atomic E-state index is 13.4. The number of nitrogens with one attached hydrogen (secondary N) is 1. The smallest absolute Gasteiger partial charge is 0.267 e. The van der Waals surface area contributed by atoms with Crippen LogP contribution in [0.4, 0.5) is 10.1 Å². The number of thioether (sulfide) groups is 1. The molecule has 2 aromatic heterocycles. The molecule has 0 fully saturated rings. The van der Waals surface area contributed by atoms with E-state index in [4.69, 9.17) is 11.6 Å². The van der Waals surface area contributed by atoms with Gasteiger partial charge in [0.15, 0.2) is 5.16 Å². The minimum atomic E-state index is -0.487. The van der Waals surface area contributed by atoms with Crippen LogP contribution in [0.15, 0.2) is 76.7 Å². The highest BCUT2D eigenvalue weighted by atomic mass is 35.5. The normalized spacial score (nSPS) is 11.3. The molecule has 1 N–H and O–H groups in total. The van der Waals surface area contributed by atoms with Crippen LogP contribution in [0.3, 0.4) is 0 Å². The molecule has 7 nitrogen and oxygen atoms in total. The first-order valence-corrected chi connectivity index (χ1v) is 11.6. The van der Waals surface area contributed by atoms with Crippen LogP contribution in [0, 0.1) is 12.7 Å². The first-order chi connectivity index (χ1) is 16.4. The molecule has 2 heterocycles. The molecule has 0 aliphatic carbocycles. The number of nitrogens with zero attached hydrogens (tertiary/aromatic N) is 4. The van der Waals surface area contributed by atoms with Crippen LogP contribution in [0.2, 0.25) is 5.02 Å². The number of hydrogen-bond acceptors (Lipinski definition) is 5. The van der Waals surface area contributed by atoms with Gasteiger partial charge in [0, 0.05) is 0 Å². The van der Waals surface area contributed by atoms with Crippen LogP contribution < -0.4 is 10.9 Å². The van der Waals surface area contributed by atoms with E-state index < -0.39 is 5.82 Å². The summed E-state index contributed by atoms with van der Waals surface area (Å²) in [6.45, 7) is 1.92. The van der Waals surface area contributed by atoms with Crippen molar-refractivity contribution in [2.24, 2.45) is 0 Å². The number of aryl methyl sites for hydroxylation is 1. The summed E-state index contributed by atoms with van der Waals surface area (Å²) in [6, 6.07) is 18.5. The summed E-state index contributed by atoms with van der Waals surface area (Å²) in [5, 5.41) is 12.3. The van der Waals surface area contributed by atoms with Gasteiger partial charge in [0.1, 0.15) is 5.82 Å². The molecule has 0 aliphatic heterocycles. The van der Waals surface area contributed by atoms with Gasteiger partial charge in [0.05, 0.1) is 33.1 Å².